The van der Waals surface area contributed by atoms with E-state index in [0.717, 1.165) is 12.0 Å². The highest BCUT2D eigenvalue weighted by Gasteiger charge is 2.33. The summed E-state index contributed by atoms with van der Waals surface area (Å²) in [6.07, 6.45) is 0.762. The van der Waals surface area contributed by atoms with Gasteiger partial charge in [0.25, 0.3) is 10.0 Å². The van der Waals surface area contributed by atoms with Gasteiger partial charge >= 0.3 is 0 Å². The molecule has 0 aliphatic rings. The Bertz CT molecular complexity index is 477. The summed E-state index contributed by atoms with van der Waals surface area (Å²) in [5.41, 5.74) is 5.97. The fourth-order valence-corrected chi connectivity index (χ4v) is 4.25. The molecule has 1 heterocycles. The Kier molecular flexibility index (Phi) is 4.35. The van der Waals surface area contributed by atoms with Crippen molar-refractivity contribution in [3.63, 3.8) is 0 Å². The highest BCUT2D eigenvalue weighted by molar-refractivity contribution is 7.91. The molecule has 0 aromatic carbocycles. The molecule has 0 radical (unpaired) electrons. The molecule has 4 nitrogen and oxygen atoms in total. The number of rotatable bonds is 5. The molecule has 0 amide bonds. The predicted molar refractivity (Wildman–Crippen MR) is 71.5 cm³/mol. The molecule has 0 bridgehead atoms. The van der Waals surface area contributed by atoms with Crippen LogP contribution < -0.4 is 5.73 Å². The second-order valence-electron chi connectivity index (χ2n) is 4.62. The van der Waals surface area contributed by atoms with Gasteiger partial charge in [0, 0.05) is 19.1 Å². The Morgan fingerprint density at radius 1 is 1.47 bits per heavy atom. The van der Waals surface area contributed by atoms with Gasteiger partial charge in [0.15, 0.2) is 0 Å². The van der Waals surface area contributed by atoms with Gasteiger partial charge in [-0.3, -0.25) is 0 Å². The van der Waals surface area contributed by atoms with E-state index in [1.54, 1.807) is 18.5 Å². The van der Waals surface area contributed by atoms with Crippen LogP contribution in [0.1, 0.15) is 32.8 Å². The third kappa shape index (κ3) is 2.88. The van der Waals surface area contributed by atoms with E-state index in [1.165, 1.54) is 15.6 Å². The minimum Gasteiger partial charge on any atom is -0.326 e. The normalized spacial score (nSPS) is 13.3. The first-order valence-corrected chi connectivity index (χ1v) is 7.84. The number of thiophene rings is 1. The quantitative estimate of drug-likeness (QED) is 0.895. The molecule has 98 valence electrons. The summed E-state index contributed by atoms with van der Waals surface area (Å²) in [6.45, 7) is 6.18. The first-order valence-electron chi connectivity index (χ1n) is 5.52. The van der Waals surface area contributed by atoms with E-state index in [1.807, 2.05) is 20.8 Å². The molecule has 0 saturated heterocycles. The molecular weight excluding hydrogens is 256 g/mol. The van der Waals surface area contributed by atoms with Crippen LogP contribution in [0.15, 0.2) is 15.7 Å². The fourth-order valence-electron chi connectivity index (χ4n) is 1.28. The SMILES string of the molecule is CCC(C)(C)N(C)S(=O)(=O)c1cc(CN)cs1. The third-order valence-electron chi connectivity index (χ3n) is 3.20. The maximum atomic E-state index is 12.4. The van der Waals surface area contributed by atoms with E-state index in [2.05, 4.69) is 0 Å². The van der Waals surface area contributed by atoms with E-state index in [0.29, 0.717) is 10.8 Å². The standard InChI is InChI=1S/C11H20N2O2S2/c1-5-11(2,3)13(4)17(14,15)10-6-9(7-12)8-16-10/h6,8H,5,7,12H2,1-4H3. The second kappa shape index (κ2) is 5.06. The van der Waals surface area contributed by atoms with Crippen LogP contribution in [0.3, 0.4) is 0 Å². The lowest BCUT2D eigenvalue weighted by Gasteiger charge is -2.33. The summed E-state index contributed by atoms with van der Waals surface area (Å²) in [7, 11) is -1.78. The highest BCUT2D eigenvalue weighted by atomic mass is 32.2. The molecule has 0 spiro atoms. The van der Waals surface area contributed by atoms with Crippen molar-refractivity contribution < 1.29 is 8.42 Å². The zero-order chi connectivity index (χ0) is 13.3. The van der Waals surface area contributed by atoms with E-state index < -0.39 is 10.0 Å². The van der Waals surface area contributed by atoms with Crippen molar-refractivity contribution >= 4 is 21.4 Å². The number of hydrogen-bond donors (Lipinski definition) is 1. The molecule has 0 saturated carbocycles. The molecule has 0 fully saturated rings. The van der Waals surface area contributed by atoms with Gasteiger partial charge in [-0.05, 0) is 37.3 Å². The van der Waals surface area contributed by atoms with E-state index in [4.69, 9.17) is 5.73 Å². The minimum atomic E-state index is -3.40. The van der Waals surface area contributed by atoms with Gasteiger partial charge in [-0.1, -0.05) is 6.92 Å². The molecule has 0 atom stereocenters. The van der Waals surface area contributed by atoms with Gasteiger partial charge in [0.2, 0.25) is 0 Å². The maximum absolute atomic E-state index is 12.4. The highest BCUT2D eigenvalue weighted by Crippen LogP contribution is 2.28. The van der Waals surface area contributed by atoms with Crippen molar-refractivity contribution in [2.45, 2.75) is 43.5 Å². The van der Waals surface area contributed by atoms with Crippen molar-refractivity contribution in [1.82, 2.24) is 4.31 Å². The molecule has 0 unspecified atom stereocenters. The Hall–Kier alpha value is -0.430. The van der Waals surface area contributed by atoms with Crippen LogP contribution in [0.25, 0.3) is 0 Å². The van der Waals surface area contributed by atoms with Gasteiger partial charge in [0.05, 0.1) is 0 Å². The first-order chi connectivity index (χ1) is 7.75. The summed E-state index contributed by atoms with van der Waals surface area (Å²) < 4.78 is 26.5. The lowest BCUT2D eigenvalue weighted by Crippen LogP contribution is -2.44. The number of nitrogens with zero attached hydrogens (tertiary/aromatic N) is 1. The summed E-state index contributed by atoms with van der Waals surface area (Å²) in [4.78, 5) is 0. The van der Waals surface area contributed by atoms with Gasteiger partial charge in [-0.25, -0.2) is 8.42 Å². The topological polar surface area (TPSA) is 63.4 Å². The van der Waals surface area contributed by atoms with Crippen LogP contribution in [0.5, 0.6) is 0 Å². The van der Waals surface area contributed by atoms with Crippen LogP contribution in [0.2, 0.25) is 0 Å². The summed E-state index contributed by atoms with van der Waals surface area (Å²) >= 11 is 1.23. The molecule has 1 aromatic heterocycles. The summed E-state index contributed by atoms with van der Waals surface area (Å²) in [5, 5.41) is 1.79. The Morgan fingerprint density at radius 3 is 2.47 bits per heavy atom. The summed E-state index contributed by atoms with van der Waals surface area (Å²) in [5.74, 6) is 0. The molecule has 1 rings (SSSR count). The van der Waals surface area contributed by atoms with E-state index in [-0.39, 0.29) is 5.54 Å². The van der Waals surface area contributed by atoms with Crippen molar-refractivity contribution in [1.29, 1.82) is 0 Å². The van der Waals surface area contributed by atoms with Gasteiger partial charge in [-0.15, -0.1) is 11.3 Å². The van der Waals surface area contributed by atoms with Crippen LogP contribution in [-0.2, 0) is 16.6 Å². The van der Waals surface area contributed by atoms with Crippen molar-refractivity contribution in [2.24, 2.45) is 5.73 Å². The number of nitrogens with two attached hydrogens (primary N) is 1. The number of hydrogen-bond acceptors (Lipinski definition) is 4. The van der Waals surface area contributed by atoms with Gasteiger partial charge in [-0.2, -0.15) is 4.31 Å². The molecular formula is C11H20N2O2S2. The monoisotopic (exact) mass is 276 g/mol. The molecule has 6 heteroatoms. The molecule has 1 aromatic rings. The van der Waals surface area contributed by atoms with E-state index >= 15 is 0 Å². The maximum Gasteiger partial charge on any atom is 0.252 e. The minimum absolute atomic E-state index is 0.363. The van der Waals surface area contributed by atoms with Gasteiger partial charge < -0.3 is 5.73 Å². The molecule has 2 N–H and O–H groups in total. The van der Waals surface area contributed by atoms with Crippen LogP contribution >= 0.6 is 11.3 Å². The zero-order valence-corrected chi connectivity index (χ0v) is 12.4. The smallest absolute Gasteiger partial charge is 0.252 e. The van der Waals surface area contributed by atoms with Crippen molar-refractivity contribution in [2.75, 3.05) is 7.05 Å². The third-order valence-corrected chi connectivity index (χ3v) is 6.73. The zero-order valence-electron chi connectivity index (χ0n) is 10.7. The van der Waals surface area contributed by atoms with Crippen molar-refractivity contribution in [3.8, 4) is 0 Å². The largest absolute Gasteiger partial charge is 0.326 e. The van der Waals surface area contributed by atoms with Crippen LogP contribution in [0, 0.1) is 0 Å². The molecule has 17 heavy (non-hydrogen) atoms. The van der Waals surface area contributed by atoms with Crippen LogP contribution in [-0.4, -0.2) is 25.3 Å². The van der Waals surface area contributed by atoms with Crippen LogP contribution in [0.4, 0.5) is 0 Å². The fraction of sp³-hybridized carbons (Fsp3) is 0.636. The lowest BCUT2D eigenvalue weighted by atomic mass is 10.0. The average Bonchev–Trinajstić information content (AvgIpc) is 2.77. The second-order valence-corrected chi connectivity index (χ2v) is 7.72. The van der Waals surface area contributed by atoms with Crippen molar-refractivity contribution in [3.05, 3.63) is 17.0 Å². The first kappa shape index (κ1) is 14.6. The lowest BCUT2D eigenvalue weighted by molar-refractivity contribution is 0.257. The summed E-state index contributed by atoms with van der Waals surface area (Å²) in [6, 6.07) is 1.66. The van der Waals surface area contributed by atoms with Gasteiger partial charge in [0.1, 0.15) is 4.21 Å². The molecule has 0 aliphatic heterocycles. The Balaban J connectivity index is 3.11. The number of sulfonamides is 1. The van der Waals surface area contributed by atoms with E-state index in [9.17, 15) is 8.42 Å². The Labute approximate surface area is 107 Å². The molecule has 0 aliphatic carbocycles. The Morgan fingerprint density at radius 2 is 2.06 bits per heavy atom. The predicted octanol–water partition coefficient (Wildman–Crippen LogP) is 2.02. The average molecular weight is 276 g/mol.